The van der Waals surface area contributed by atoms with Crippen LogP contribution < -0.4 is 0 Å². The maximum atomic E-state index is 0. The zero-order valence-electron chi connectivity index (χ0n) is 2.13. The average Bonchev–Trinajstić information content (AvgIpc) is 0. The van der Waals surface area contributed by atoms with Crippen molar-refractivity contribution in [2.75, 3.05) is 0 Å². The third-order valence-electron chi connectivity index (χ3n) is 0. The third kappa shape index (κ3) is 9.06. The van der Waals surface area contributed by atoms with Gasteiger partial charge in [-0.1, -0.05) is 0 Å². The molecular weight excluding hydrogens is 223 g/mol. The number of rotatable bonds is 0. The van der Waals surface area contributed by atoms with Crippen LogP contribution in [0.5, 0.6) is 0 Å². The molecule has 2 radical (unpaired) electrons. The molecule has 0 unspecified atom stereocenters. The molecule has 0 nitrogen and oxygen atoms in total. The van der Waals surface area contributed by atoms with E-state index in [9.17, 15) is 0 Å². The van der Waals surface area contributed by atoms with E-state index < -0.39 is 0 Å². The summed E-state index contributed by atoms with van der Waals surface area (Å²) in [5, 5.41) is 0. The molecule has 0 rings (SSSR count). The maximum Gasteiger partial charge on any atom is 0 e. The average molecular weight is 227 g/mol. The van der Waals surface area contributed by atoms with Gasteiger partial charge in [0.25, 0.3) is 0 Å². The summed E-state index contributed by atoms with van der Waals surface area (Å²) in [7, 11) is 0. The molecule has 0 spiro atoms. The van der Waals surface area contributed by atoms with Crippen molar-refractivity contribution in [1.29, 1.82) is 0 Å². The Balaban J connectivity index is 0. The molecule has 0 atom stereocenters. The van der Waals surface area contributed by atoms with Crippen LogP contribution >= 0.6 is 0 Å². The molecule has 0 aromatic heterocycles. The van der Waals surface area contributed by atoms with Gasteiger partial charge >= 0.3 is 17.6 Å². The maximum absolute atomic E-state index is 0. The van der Waals surface area contributed by atoms with Gasteiger partial charge in [-0.3, -0.25) is 0 Å². The van der Waals surface area contributed by atoms with Crippen LogP contribution in [0.1, 0.15) is 0 Å². The van der Waals surface area contributed by atoms with Crippen molar-refractivity contribution in [3.63, 3.8) is 0 Å². The van der Waals surface area contributed by atoms with Crippen molar-refractivity contribution in [2.45, 2.75) is 0 Å². The van der Waals surface area contributed by atoms with Crippen LogP contribution in [0.4, 0.5) is 0 Å². The van der Waals surface area contributed by atoms with E-state index in [1.807, 2.05) is 0 Å². The summed E-state index contributed by atoms with van der Waals surface area (Å²) in [5.74, 6) is 0. The molecule has 0 aromatic rings. The first-order valence-corrected chi connectivity index (χ1v) is 0. The molecule has 0 aliphatic heterocycles. The van der Waals surface area contributed by atoms with E-state index in [2.05, 4.69) is 0 Å². The van der Waals surface area contributed by atoms with Gasteiger partial charge < -0.3 is 13.5 Å². The van der Waals surface area contributed by atoms with Gasteiger partial charge in [-0.05, 0) is 0 Å². The van der Waals surface area contributed by atoms with E-state index in [1.54, 1.807) is 0 Å². The van der Waals surface area contributed by atoms with Crippen LogP contribution in [-0.2, 0) is 47.6 Å². The molecule has 0 aliphatic carbocycles. The molecule has 0 saturated heterocycles. The summed E-state index contributed by atoms with van der Waals surface area (Å²) in [6.07, 6.45) is 0. The predicted octanol–water partition coefficient (Wildman–Crippen LogP) is -1.46. The Morgan fingerprint density at radius 1 is 1.00 bits per heavy atom. The van der Waals surface area contributed by atoms with Crippen LogP contribution in [0.3, 0.4) is 0 Å². The largest absolute Gasteiger partial charge is 0.813 e. The van der Waals surface area contributed by atoms with Crippen molar-refractivity contribution in [3.05, 3.63) is 0 Å². The topological polar surface area (TPSA) is 0 Å². The van der Waals surface area contributed by atoms with Crippen molar-refractivity contribution >= 4 is 31.1 Å². The summed E-state index contributed by atoms with van der Waals surface area (Å²) in [6, 6.07) is 0. The first-order valence-electron chi connectivity index (χ1n) is 0. The second kappa shape index (κ2) is 20.4. The summed E-state index contributed by atoms with van der Waals surface area (Å²) in [5.41, 5.74) is 0. The second-order valence-electron chi connectivity index (χ2n) is 0. The fraction of sp³-hybridized carbons (Fsp3) is 0. The second-order valence-corrected chi connectivity index (χ2v) is 0. The van der Waals surface area contributed by atoms with E-state index in [-0.39, 0.29) is 65.2 Å². The minimum absolute atomic E-state index is 0. The van der Waals surface area contributed by atoms with Gasteiger partial charge in [-0.15, -0.1) is 0 Å². The van der Waals surface area contributed by atoms with Crippen LogP contribution in [0.25, 0.3) is 0 Å². The Bertz CT molecular complexity index is 8.00. The van der Waals surface area contributed by atoms with Crippen LogP contribution in [0.15, 0.2) is 0 Å². The van der Waals surface area contributed by atoms with Crippen molar-refractivity contribution in [2.24, 2.45) is 0 Å². The van der Waals surface area contributed by atoms with E-state index in [0.29, 0.717) is 0 Å². The summed E-state index contributed by atoms with van der Waals surface area (Å²) in [4.78, 5) is 0. The smallest absolute Gasteiger partial charge is 0 e. The molecule has 0 N–H and O–H groups in total. The monoisotopic (exact) mass is 228 g/mol. The molecule has 0 aliphatic rings. The Labute approximate surface area is 64.9 Å². The van der Waals surface area contributed by atoms with Gasteiger partial charge in [0.15, 0.2) is 0 Å². The number of hydrogen-bond donors (Lipinski definition) is 0. The quantitative estimate of drug-likeness (QED) is 0.277. The van der Waals surface area contributed by atoms with Gasteiger partial charge in [-0.25, -0.2) is 0 Å². The zero-order valence-corrected chi connectivity index (χ0v) is 9.34. The number of hydrogen-bond acceptors (Lipinski definition) is 1. The fourth-order valence-electron chi connectivity index (χ4n) is 0. The van der Waals surface area contributed by atoms with E-state index in [1.165, 1.54) is 0 Å². The molecule has 0 amide bonds. The van der Waals surface area contributed by atoms with Gasteiger partial charge in [0, 0.05) is 34.1 Å². The normalized spacial score (nSPS) is 0. The van der Waals surface area contributed by atoms with Gasteiger partial charge in [0.1, 0.15) is 0 Å². The summed E-state index contributed by atoms with van der Waals surface area (Å²) < 4.78 is 0. The molecule has 0 bridgehead atoms. The predicted molar refractivity (Wildman–Crippen MR) is 18.7 cm³/mol. The van der Waals surface area contributed by atoms with Crippen molar-refractivity contribution in [3.8, 4) is 0 Å². The fourth-order valence-corrected chi connectivity index (χ4v) is 0. The van der Waals surface area contributed by atoms with Crippen LogP contribution in [-0.4, -0.2) is 17.6 Å². The molecule has 0 aromatic carbocycles. The summed E-state index contributed by atoms with van der Waals surface area (Å²) in [6.45, 7) is 0. The molecule has 32 valence electrons. The SMILES string of the molecule is [Cu].[GeH3+].[Mn].[SH-]. The minimum atomic E-state index is 0. The molecular formula is H4CuGeMnS. The Kier molecular flexibility index (Phi) is 197. The molecule has 4 heteroatoms. The van der Waals surface area contributed by atoms with Crippen LogP contribution in [0, 0.1) is 0 Å². The molecule has 4 heavy (non-hydrogen) atoms. The minimum Gasteiger partial charge on any atom is -0.813 e. The first-order chi connectivity index (χ1) is 0. The number of thiol groups is 1. The summed E-state index contributed by atoms with van der Waals surface area (Å²) >= 11 is 0. The third-order valence-corrected chi connectivity index (χ3v) is 0. The Morgan fingerprint density at radius 2 is 1.00 bits per heavy atom. The molecule has 0 heterocycles. The van der Waals surface area contributed by atoms with Crippen molar-refractivity contribution in [1.82, 2.24) is 0 Å². The Morgan fingerprint density at radius 3 is 1.00 bits per heavy atom. The van der Waals surface area contributed by atoms with Crippen molar-refractivity contribution < 1.29 is 34.1 Å². The Hall–Kier alpha value is 1.93. The molecule has 0 saturated carbocycles. The van der Waals surface area contributed by atoms with Gasteiger partial charge in [-0.2, -0.15) is 0 Å². The van der Waals surface area contributed by atoms with E-state index in [0.717, 1.165) is 0 Å². The molecule has 0 fully saturated rings. The first kappa shape index (κ1) is 38.7. The van der Waals surface area contributed by atoms with Crippen LogP contribution in [0.2, 0.25) is 0 Å². The zero-order chi connectivity index (χ0) is 0. The van der Waals surface area contributed by atoms with Gasteiger partial charge in [0.05, 0.1) is 0 Å². The van der Waals surface area contributed by atoms with E-state index in [4.69, 9.17) is 0 Å². The standard InChI is InChI=1S/Cu.GeH3.Mn.H2S/h;1H3;;1H2/q;+1;;/p-1. The van der Waals surface area contributed by atoms with E-state index >= 15 is 0 Å². The van der Waals surface area contributed by atoms with Gasteiger partial charge in [0.2, 0.25) is 0 Å².